The number of ketones is 1. The highest BCUT2D eigenvalue weighted by molar-refractivity contribution is 6.10. The van der Waals surface area contributed by atoms with Gasteiger partial charge in [-0.3, -0.25) is 4.79 Å². The van der Waals surface area contributed by atoms with Crippen molar-refractivity contribution in [3.8, 4) is 17.2 Å². The van der Waals surface area contributed by atoms with E-state index in [4.69, 9.17) is 50.4 Å². The van der Waals surface area contributed by atoms with Gasteiger partial charge in [0.15, 0.2) is 44.1 Å². The van der Waals surface area contributed by atoms with Crippen molar-refractivity contribution in [1.29, 1.82) is 0 Å². The predicted molar refractivity (Wildman–Crippen MR) is 292 cm³/mol. The van der Waals surface area contributed by atoms with E-state index in [2.05, 4.69) is 30.1 Å². The van der Waals surface area contributed by atoms with Crippen LogP contribution in [0.3, 0.4) is 0 Å². The van der Waals surface area contributed by atoms with Crippen LogP contribution in [0, 0.1) is 0 Å². The summed E-state index contributed by atoms with van der Waals surface area (Å²) in [6, 6.07) is 16.9. The standard InChI is InChI=1S/C24H33N5O4.C15H17N5O3.C15H15N5O3/c1-6-31-14-18-27-20-21(28(18)5)19-16(26-22(20)25)8-7-9-17(19)32-15-10-12-29(13-11-15)23(30)33-24(2,3)4;2*1-2-22-8-20-18-13-14-12-10(17-15(13)16)4-3-5-11(12)23-7-9(21)6-19(14)20/h7-9,15H,6,10-14H2,1-5H3,(H2,25,26);3-5,9,16,21H,2,6-8H2,1H3;3-5,16H,2,6-8H2,1H3/p+2/t;9-;/m.0./s1. The Hall–Kier alpha value is -8.26. The van der Waals surface area contributed by atoms with Gasteiger partial charge in [0.2, 0.25) is 16.8 Å². The molecular formula is C54H67N15O10+2. The molecule has 3 aromatic carbocycles. The molecule has 9 heterocycles. The number of imidazole rings is 1. The lowest BCUT2D eigenvalue weighted by Crippen LogP contribution is -2.50. The molecule has 1 saturated heterocycles. The first-order valence-electron chi connectivity index (χ1n) is 26.4. The number of aliphatic hydroxyl groups excluding tert-OH is 1. The molecule has 9 aromatic rings. The summed E-state index contributed by atoms with van der Waals surface area (Å²) in [5.74, 6) is 3.82. The number of amides is 1. The van der Waals surface area contributed by atoms with Gasteiger partial charge < -0.3 is 64.9 Å². The number of fused-ring (bicyclic) bond motifs is 3. The van der Waals surface area contributed by atoms with Crippen molar-refractivity contribution in [3.05, 3.63) is 60.4 Å². The van der Waals surface area contributed by atoms with E-state index >= 15 is 0 Å². The number of anilines is 3. The molecule has 0 saturated carbocycles. The molecule has 0 unspecified atom stereocenters. The highest BCUT2D eigenvalue weighted by Gasteiger charge is 2.33. The minimum atomic E-state index is -0.655. The van der Waals surface area contributed by atoms with Crippen LogP contribution >= 0.6 is 0 Å². The molecule has 1 fully saturated rings. The number of pyridine rings is 3. The maximum atomic E-state index is 12.4. The largest absolute Gasteiger partial charge is 0.490 e. The highest BCUT2D eigenvalue weighted by Crippen LogP contribution is 2.37. The number of hydrogen-bond donors (Lipinski definition) is 4. The number of rotatable bonds is 11. The van der Waals surface area contributed by atoms with E-state index in [0.717, 1.165) is 68.2 Å². The minimum absolute atomic E-state index is 0.0111. The summed E-state index contributed by atoms with van der Waals surface area (Å²) in [6.07, 6.45) is 0.505. The first kappa shape index (κ1) is 54.1. The normalized spacial score (nSPS) is 15.6. The molecular weight excluding hydrogens is 1020 g/mol. The van der Waals surface area contributed by atoms with Crippen LogP contribution in [0.2, 0.25) is 0 Å². The number of ether oxygens (including phenoxy) is 7. The lowest BCUT2D eigenvalue weighted by Gasteiger charge is -2.33. The second-order valence-electron chi connectivity index (χ2n) is 20.2. The maximum absolute atomic E-state index is 12.4. The zero-order valence-electron chi connectivity index (χ0n) is 45.5. The van der Waals surface area contributed by atoms with Crippen LogP contribution in [-0.2, 0) is 63.9 Å². The molecule has 3 aliphatic rings. The van der Waals surface area contributed by atoms with Crippen molar-refractivity contribution in [1.82, 2.24) is 49.2 Å². The van der Waals surface area contributed by atoms with Crippen LogP contribution in [-0.4, -0.2) is 130 Å². The third-order valence-electron chi connectivity index (χ3n) is 13.5. The number of likely N-dealkylation sites (tertiary alicyclic amines) is 1. The lowest BCUT2D eigenvalue weighted by atomic mass is 10.1. The molecule has 25 heteroatoms. The topological polar surface area (TPSA) is 300 Å². The van der Waals surface area contributed by atoms with Crippen LogP contribution in [0.15, 0.2) is 54.6 Å². The van der Waals surface area contributed by atoms with Crippen molar-refractivity contribution in [2.75, 3.05) is 63.3 Å². The predicted octanol–water partition coefficient (Wildman–Crippen LogP) is 4.63. The van der Waals surface area contributed by atoms with Gasteiger partial charge >= 0.3 is 6.09 Å². The smallest absolute Gasteiger partial charge is 0.410 e. The van der Waals surface area contributed by atoms with E-state index in [1.54, 1.807) is 19.2 Å². The van der Waals surface area contributed by atoms with Crippen molar-refractivity contribution in [2.45, 2.75) is 105 Å². The van der Waals surface area contributed by atoms with E-state index in [9.17, 15) is 14.7 Å². The van der Waals surface area contributed by atoms with Crippen LogP contribution in [0.4, 0.5) is 22.2 Å². The summed E-state index contributed by atoms with van der Waals surface area (Å²) in [4.78, 5) is 47.6. The molecule has 79 heavy (non-hydrogen) atoms. The summed E-state index contributed by atoms with van der Waals surface area (Å²) >= 11 is 0. The molecule has 0 radical (unpaired) electrons. The Labute approximate surface area is 453 Å². The Morgan fingerprint density at radius 3 is 1.87 bits per heavy atom. The number of aryl methyl sites for hydroxylation is 1. The fraction of sp³-hybridized carbons (Fsp3) is 0.444. The van der Waals surface area contributed by atoms with Crippen LogP contribution in [0.1, 0.15) is 60.2 Å². The van der Waals surface area contributed by atoms with E-state index in [1.165, 1.54) is 0 Å². The molecule has 0 bridgehead atoms. The molecule has 0 aliphatic carbocycles. The zero-order chi connectivity index (χ0) is 55.7. The molecule has 3 aliphatic heterocycles. The maximum Gasteiger partial charge on any atom is 0.410 e. The number of piperidine rings is 1. The molecule has 1 atom stereocenters. The van der Waals surface area contributed by atoms with E-state index in [-0.39, 0.29) is 51.2 Å². The van der Waals surface area contributed by atoms with Crippen LogP contribution in [0.25, 0.3) is 65.8 Å². The number of carbonyl (C=O) groups is 2. The number of carbonyl (C=O) groups excluding carboxylic acids is 2. The van der Waals surface area contributed by atoms with E-state index < -0.39 is 11.7 Å². The summed E-state index contributed by atoms with van der Waals surface area (Å²) in [6.45, 7) is 15.9. The Bertz CT molecular complexity index is 3750. The Morgan fingerprint density at radius 2 is 1.28 bits per heavy atom. The molecule has 6 aromatic heterocycles. The first-order valence-corrected chi connectivity index (χ1v) is 26.4. The fourth-order valence-electron chi connectivity index (χ4n) is 9.88. The fourth-order valence-corrected chi connectivity index (χ4v) is 9.88. The molecule has 25 nitrogen and oxygen atoms in total. The average molecular weight is 1090 g/mol. The summed E-state index contributed by atoms with van der Waals surface area (Å²) in [7, 11) is 1.96. The van der Waals surface area contributed by atoms with Crippen LogP contribution in [0.5, 0.6) is 17.2 Å². The number of Topliss-reactive ketones (excluding diaryl/α,β-unsaturated/α-hetero) is 1. The van der Waals surface area contributed by atoms with Gasteiger partial charge in [-0.15, -0.1) is 9.36 Å². The Balaban J connectivity index is 0.000000137. The monoisotopic (exact) mass is 1090 g/mol. The van der Waals surface area contributed by atoms with Gasteiger partial charge in [0, 0.05) is 52.8 Å². The molecule has 0 spiro atoms. The third kappa shape index (κ3) is 11.0. The van der Waals surface area contributed by atoms with E-state index in [0.29, 0.717) is 97.1 Å². The van der Waals surface area contributed by atoms with Gasteiger partial charge in [-0.25, -0.2) is 24.7 Å². The van der Waals surface area contributed by atoms with Gasteiger partial charge in [0.25, 0.3) is 11.0 Å². The molecule has 1 amide bonds. The summed E-state index contributed by atoms with van der Waals surface area (Å²) in [5.41, 5.74) is 24.3. The van der Waals surface area contributed by atoms with Gasteiger partial charge in [-0.2, -0.15) is 0 Å². The molecule has 416 valence electrons. The van der Waals surface area contributed by atoms with Crippen LogP contribution < -0.4 is 40.8 Å². The van der Waals surface area contributed by atoms with E-state index in [1.807, 2.05) is 112 Å². The first-order chi connectivity index (χ1) is 38.0. The molecule has 7 N–H and O–H groups in total. The summed E-state index contributed by atoms with van der Waals surface area (Å²) < 4.78 is 45.5. The van der Waals surface area contributed by atoms with Crippen molar-refractivity contribution in [3.63, 3.8) is 0 Å². The third-order valence-corrected chi connectivity index (χ3v) is 13.5. The average Bonchev–Trinajstić information content (AvgIpc) is 4.32. The number of aromatic nitrogens is 11. The minimum Gasteiger partial charge on any atom is -0.490 e. The summed E-state index contributed by atoms with van der Waals surface area (Å²) in [5, 5.41) is 21.8. The number of nitrogens with two attached hydrogens (primary N) is 3. The number of hydrogen-bond acceptors (Lipinski definition) is 19. The number of nitrogen functional groups attached to an aromatic ring is 3. The number of aliphatic hydroxyl groups is 1. The van der Waals surface area contributed by atoms with Gasteiger partial charge in [0.05, 0.1) is 48.4 Å². The molecule has 12 rings (SSSR count). The van der Waals surface area contributed by atoms with Crippen molar-refractivity contribution >= 4 is 95.1 Å². The van der Waals surface area contributed by atoms with Gasteiger partial charge in [-0.1, -0.05) is 18.2 Å². The Morgan fingerprint density at radius 1 is 0.734 bits per heavy atom. The number of nitrogens with zero attached hydrogens (tertiary/aromatic N) is 12. The second-order valence-corrected chi connectivity index (χ2v) is 20.2. The highest BCUT2D eigenvalue weighted by atomic mass is 16.6. The van der Waals surface area contributed by atoms with Gasteiger partial charge in [0.1, 0.15) is 66.2 Å². The lowest BCUT2D eigenvalue weighted by molar-refractivity contribution is -0.766. The second kappa shape index (κ2) is 22.6. The van der Waals surface area contributed by atoms with Crippen molar-refractivity contribution < 1.29 is 57.2 Å². The quantitative estimate of drug-likeness (QED) is 0.128. The van der Waals surface area contributed by atoms with Crippen molar-refractivity contribution in [2.24, 2.45) is 7.05 Å². The van der Waals surface area contributed by atoms with Gasteiger partial charge in [-0.05, 0) is 87.5 Å². The zero-order valence-corrected chi connectivity index (χ0v) is 45.5. The SMILES string of the molecule is CCOCc1nc2c(N)nc3cccc(OC4CCN(C(=O)OC(C)(C)C)CC4)c3c2n1C.CCOCn1nc2c(N)nc3cccc4c3c2[n+]1CC(=O)CO4.CCOCn1nc2c(N)nc3cccc4c3c2[n+]1C[C@H](O)CO4. The number of benzene rings is 3. The Kier molecular flexibility index (Phi) is 15.5.